The van der Waals surface area contributed by atoms with Crippen LogP contribution >= 0.6 is 0 Å². The van der Waals surface area contributed by atoms with Gasteiger partial charge in [-0.05, 0) is 39.7 Å². The van der Waals surface area contributed by atoms with E-state index in [9.17, 15) is 0 Å². The van der Waals surface area contributed by atoms with Crippen molar-refractivity contribution in [2.75, 3.05) is 19.7 Å². The molecule has 1 heterocycles. The summed E-state index contributed by atoms with van der Waals surface area (Å²) in [5.41, 5.74) is 1.33. The standard InChI is InChI=1S/C11H21NO/c1-10(2)5-7-12-9-11(3)6-4-8-13-11/h12H,1,4-9H2,2-3H3. The molecule has 1 N–H and O–H groups in total. The minimum atomic E-state index is 0.0923. The number of nitrogens with one attached hydrogen (secondary N) is 1. The average molecular weight is 183 g/mol. The van der Waals surface area contributed by atoms with Crippen molar-refractivity contribution in [2.45, 2.75) is 38.7 Å². The summed E-state index contributed by atoms with van der Waals surface area (Å²) in [4.78, 5) is 0. The molecular formula is C11H21NO. The summed E-state index contributed by atoms with van der Waals surface area (Å²) in [6.07, 6.45) is 3.46. The van der Waals surface area contributed by atoms with Crippen LogP contribution in [0.3, 0.4) is 0 Å². The first-order valence-electron chi connectivity index (χ1n) is 5.11. The lowest BCUT2D eigenvalue weighted by Crippen LogP contribution is -2.37. The molecule has 13 heavy (non-hydrogen) atoms. The molecule has 0 aromatic heterocycles. The average Bonchev–Trinajstić information content (AvgIpc) is 2.47. The molecule has 1 fully saturated rings. The van der Waals surface area contributed by atoms with Crippen LogP contribution in [0.4, 0.5) is 0 Å². The van der Waals surface area contributed by atoms with Gasteiger partial charge >= 0.3 is 0 Å². The van der Waals surface area contributed by atoms with Crippen molar-refractivity contribution >= 4 is 0 Å². The van der Waals surface area contributed by atoms with Crippen LogP contribution in [0.5, 0.6) is 0 Å². The molecule has 2 nitrogen and oxygen atoms in total. The topological polar surface area (TPSA) is 21.3 Å². The van der Waals surface area contributed by atoms with E-state index in [1.54, 1.807) is 0 Å². The van der Waals surface area contributed by atoms with Crippen molar-refractivity contribution in [2.24, 2.45) is 0 Å². The first-order chi connectivity index (χ1) is 6.12. The quantitative estimate of drug-likeness (QED) is 0.520. The summed E-state index contributed by atoms with van der Waals surface area (Å²) in [5.74, 6) is 0. The predicted octanol–water partition coefficient (Wildman–Crippen LogP) is 2.11. The zero-order chi connectivity index (χ0) is 9.73. The van der Waals surface area contributed by atoms with E-state index in [0.717, 1.165) is 26.1 Å². The molecule has 0 spiro atoms. The van der Waals surface area contributed by atoms with E-state index in [-0.39, 0.29) is 5.60 Å². The van der Waals surface area contributed by atoms with Crippen LogP contribution < -0.4 is 5.32 Å². The summed E-state index contributed by atoms with van der Waals surface area (Å²) in [5, 5.41) is 3.41. The van der Waals surface area contributed by atoms with Gasteiger partial charge < -0.3 is 10.1 Å². The summed E-state index contributed by atoms with van der Waals surface area (Å²) >= 11 is 0. The van der Waals surface area contributed by atoms with Crippen LogP contribution in [0, 0.1) is 0 Å². The van der Waals surface area contributed by atoms with Crippen LogP contribution in [0.1, 0.15) is 33.1 Å². The molecule has 1 aliphatic rings. The predicted molar refractivity (Wildman–Crippen MR) is 55.9 cm³/mol. The van der Waals surface area contributed by atoms with Crippen LogP contribution in [-0.2, 0) is 4.74 Å². The van der Waals surface area contributed by atoms with Crippen molar-refractivity contribution in [3.05, 3.63) is 12.2 Å². The Morgan fingerprint density at radius 2 is 2.38 bits per heavy atom. The van der Waals surface area contributed by atoms with Gasteiger partial charge in [0.1, 0.15) is 0 Å². The molecule has 0 bridgehead atoms. The normalized spacial score (nSPS) is 27.8. The molecule has 1 rings (SSSR count). The van der Waals surface area contributed by atoms with Gasteiger partial charge in [0.25, 0.3) is 0 Å². The lowest BCUT2D eigenvalue weighted by atomic mass is 10.0. The molecule has 1 atom stereocenters. The van der Waals surface area contributed by atoms with Gasteiger partial charge in [0.2, 0.25) is 0 Å². The van der Waals surface area contributed by atoms with E-state index in [4.69, 9.17) is 4.74 Å². The second-order valence-corrected chi connectivity index (χ2v) is 4.29. The molecule has 1 unspecified atom stereocenters. The van der Waals surface area contributed by atoms with Crippen LogP contribution in [-0.4, -0.2) is 25.3 Å². The molecular weight excluding hydrogens is 162 g/mol. The fraction of sp³-hybridized carbons (Fsp3) is 0.818. The number of ether oxygens (including phenoxy) is 1. The maximum atomic E-state index is 5.66. The van der Waals surface area contributed by atoms with Gasteiger partial charge in [-0.15, -0.1) is 6.58 Å². The minimum absolute atomic E-state index is 0.0923. The van der Waals surface area contributed by atoms with Crippen molar-refractivity contribution in [3.63, 3.8) is 0 Å². The summed E-state index contributed by atoms with van der Waals surface area (Å²) in [7, 11) is 0. The van der Waals surface area contributed by atoms with Crippen molar-refractivity contribution in [1.29, 1.82) is 0 Å². The molecule has 0 radical (unpaired) electrons. The first-order valence-corrected chi connectivity index (χ1v) is 5.11. The molecule has 0 aromatic rings. The molecule has 0 saturated carbocycles. The SMILES string of the molecule is C=C(C)CCNCC1(C)CCCO1. The Hall–Kier alpha value is -0.340. The molecule has 1 aliphatic heterocycles. The van der Waals surface area contributed by atoms with Gasteiger partial charge in [-0.1, -0.05) is 5.57 Å². The Morgan fingerprint density at radius 1 is 1.62 bits per heavy atom. The Balaban J connectivity index is 2.07. The highest BCUT2D eigenvalue weighted by Gasteiger charge is 2.28. The molecule has 0 amide bonds. The summed E-state index contributed by atoms with van der Waals surface area (Å²) in [6.45, 7) is 11.0. The fourth-order valence-electron chi connectivity index (χ4n) is 1.63. The largest absolute Gasteiger partial charge is 0.374 e. The Morgan fingerprint density at radius 3 is 2.92 bits per heavy atom. The third kappa shape index (κ3) is 3.92. The third-order valence-electron chi connectivity index (χ3n) is 2.53. The van der Waals surface area contributed by atoms with Gasteiger partial charge in [0.05, 0.1) is 5.60 Å². The smallest absolute Gasteiger partial charge is 0.0779 e. The minimum Gasteiger partial charge on any atom is -0.374 e. The highest BCUT2D eigenvalue weighted by Crippen LogP contribution is 2.23. The molecule has 0 aromatic carbocycles. The van der Waals surface area contributed by atoms with Crippen molar-refractivity contribution < 1.29 is 4.74 Å². The lowest BCUT2D eigenvalue weighted by Gasteiger charge is -2.23. The Bertz CT molecular complexity index is 171. The molecule has 76 valence electrons. The number of hydrogen-bond donors (Lipinski definition) is 1. The van der Waals surface area contributed by atoms with Crippen LogP contribution in [0.2, 0.25) is 0 Å². The maximum Gasteiger partial charge on any atom is 0.0779 e. The molecule has 0 aliphatic carbocycles. The fourth-order valence-corrected chi connectivity index (χ4v) is 1.63. The van der Waals surface area contributed by atoms with Crippen LogP contribution in [0.25, 0.3) is 0 Å². The van der Waals surface area contributed by atoms with Gasteiger partial charge in [-0.3, -0.25) is 0 Å². The third-order valence-corrected chi connectivity index (χ3v) is 2.53. The van der Waals surface area contributed by atoms with Gasteiger partial charge in [-0.2, -0.15) is 0 Å². The van der Waals surface area contributed by atoms with Crippen molar-refractivity contribution in [1.82, 2.24) is 5.32 Å². The number of hydrogen-bond acceptors (Lipinski definition) is 2. The van der Waals surface area contributed by atoms with E-state index >= 15 is 0 Å². The summed E-state index contributed by atoms with van der Waals surface area (Å²) < 4.78 is 5.66. The van der Waals surface area contributed by atoms with Crippen LogP contribution in [0.15, 0.2) is 12.2 Å². The lowest BCUT2D eigenvalue weighted by molar-refractivity contribution is 0.0211. The molecule has 2 heteroatoms. The molecule has 1 saturated heterocycles. The van der Waals surface area contributed by atoms with Gasteiger partial charge in [0.15, 0.2) is 0 Å². The van der Waals surface area contributed by atoms with E-state index in [1.807, 2.05) is 0 Å². The van der Waals surface area contributed by atoms with E-state index in [0.29, 0.717) is 0 Å². The Labute approximate surface area is 81.4 Å². The second-order valence-electron chi connectivity index (χ2n) is 4.29. The first kappa shape index (κ1) is 10.7. The maximum absolute atomic E-state index is 5.66. The highest BCUT2D eigenvalue weighted by molar-refractivity contribution is 4.89. The second kappa shape index (κ2) is 4.77. The van der Waals surface area contributed by atoms with E-state index in [2.05, 4.69) is 25.7 Å². The van der Waals surface area contributed by atoms with E-state index < -0.39 is 0 Å². The number of rotatable bonds is 5. The zero-order valence-corrected chi connectivity index (χ0v) is 8.86. The summed E-state index contributed by atoms with van der Waals surface area (Å²) in [6, 6.07) is 0. The van der Waals surface area contributed by atoms with Crippen molar-refractivity contribution in [3.8, 4) is 0 Å². The Kier molecular flexibility index (Phi) is 3.94. The highest BCUT2D eigenvalue weighted by atomic mass is 16.5. The van der Waals surface area contributed by atoms with Gasteiger partial charge in [-0.25, -0.2) is 0 Å². The van der Waals surface area contributed by atoms with E-state index in [1.165, 1.54) is 18.4 Å². The monoisotopic (exact) mass is 183 g/mol. The zero-order valence-electron chi connectivity index (χ0n) is 8.86. The van der Waals surface area contributed by atoms with Gasteiger partial charge in [0, 0.05) is 13.2 Å².